The first-order chi connectivity index (χ1) is 14.9. The third-order valence-electron chi connectivity index (χ3n) is 5.99. The second-order valence-electron chi connectivity index (χ2n) is 7.80. The molecule has 4 rings (SSSR count). The monoisotopic (exact) mass is 446 g/mol. The van der Waals surface area contributed by atoms with Crippen LogP contribution in [-0.2, 0) is 10.3 Å². The molecule has 0 radical (unpaired) electrons. The quantitative estimate of drug-likeness (QED) is 0.658. The number of hydrogen-bond donors (Lipinski definition) is 3. The Bertz CT molecular complexity index is 968. The van der Waals surface area contributed by atoms with Gasteiger partial charge in [0.25, 0.3) is 0 Å². The van der Waals surface area contributed by atoms with Gasteiger partial charge in [-0.2, -0.15) is 0 Å². The molecule has 0 spiro atoms. The highest BCUT2D eigenvalue weighted by Gasteiger charge is 2.47. The van der Waals surface area contributed by atoms with Crippen LogP contribution in [0.15, 0.2) is 48.5 Å². The normalized spacial score (nSPS) is 23.5. The number of urea groups is 1. The predicted octanol–water partition coefficient (Wildman–Crippen LogP) is 2.43. The van der Waals surface area contributed by atoms with Gasteiger partial charge in [-0.3, -0.25) is 4.79 Å². The van der Waals surface area contributed by atoms with Crippen LogP contribution in [0, 0.1) is 5.82 Å². The van der Waals surface area contributed by atoms with Crippen molar-refractivity contribution < 1.29 is 19.1 Å². The number of hydrogen-bond acceptors (Lipinski definition) is 4. The number of amides is 3. The summed E-state index contributed by atoms with van der Waals surface area (Å²) >= 11 is 5.75. The summed E-state index contributed by atoms with van der Waals surface area (Å²) in [5, 5.41) is 15.9. The van der Waals surface area contributed by atoms with Crippen molar-refractivity contribution >= 4 is 29.2 Å². The predicted molar refractivity (Wildman–Crippen MR) is 115 cm³/mol. The topological polar surface area (TPSA) is 84.9 Å². The first-order valence-electron chi connectivity index (χ1n) is 10.2. The lowest BCUT2D eigenvalue weighted by atomic mass is 9.84. The second kappa shape index (κ2) is 8.72. The standard InChI is InChI=1S/C22H24ClFN4O3/c23-17-7-6-16(14-18(17)24)27-10-12-28(13-11-27)19(29)8-9-22(15-4-2-1-3-5-15)20(30)25-21(31)26-22/h1-7,14,20,30H,8-13H2,(H2,25,26,31). The van der Waals surface area contributed by atoms with Crippen LogP contribution >= 0.6 is 11.6 Å². The summed E-state index contributed by atoms with van der Waals surface area (Å²) in [6.07, 6.45) is -0.700. The van der Waals surface area contributed by atoms with E-state index in [0.717, 1.165) is 11.3 Å². The lowest BCUT2D eigenvalue weighted by Crippen LogP contribution is -2.50. The van der Waals surface area contributed by atoms with Crippen molar-refractivity contribution in [2.24, 2.45) is 0 Å². The molecule has 2 heterocycles. The largest absolute Gasteiger partial charge is 0.371 e. The summed E-state index contributed by atoms with van der Waals surface area (Å²) in [4.78, 5) is 28.5. The molecule has 2 saturated heterocycles. The molecule has 9 heteroatoms. The Hall–Kier alpha value is -2.84. The van der Waals surface area contributed by atoms with Gasteiger partial charge in [-0.25, -0.2) is 9.18 Å². The summed E-state index contributed by atoms with van der Waals surface area (Å²) < 4.78 is 13.7. The number of piperazine rings is 1. The van der Waals surface area contributed by atoms with Gasteiger partial charge in [0, 0.05) is 38.3 Å². The Balaban J connectivity index is 1.38. The summed E-state index contributed by atoms with van der Waals surface area (Å²) in [6.45, 7) is 2.18. The molecule has 7 nitrogen and oxygen atoms in total. The van der Waals surface area contributed by atoms with Crippen molar-refractivity contribution in [2.45, 2.75) is 24.6 Å². The summed E-state index contributed by atoms with van der Waals surface area (Å²) in [6, 6.07) is 13.4. The van der Waals surface area contributed by atoms with E-state index in [2.05, 4.69) is 10.6 Å². The Labute approximate surface area is 184 Å². The zero-order chi connectivity index (χ0) is 22.0. The van der Waals surface area contributed by atoms with Gasteiger partial charge < -0.3 is 25.5 Å². The van der Waals surface area contributed by atoms with E-state index in [1.165, 1.54) is 12.1 Å². The van der Waals surface area contributed by atoms with E-state index in [0.29, 0.717) is 26.2 Å². The number of carbonyl (C=O) groups is 2. The average Bonchev–Trinajstić information content (AvgIpc) is 3.08. The smallest absolute Gasteiger partial charge is 0.317 e. The molecule has 0 aliphatic carbocycles. The van der Waals surface area contributed by atoms with E-state index < -0.39 is 23.6 Å². The fraction of sp³-hybridized carbons (Fsp3) is 0.364. The van der Waals surface area contributed by atoms with Gasteiger partial charge in [0.1, 0.15) is 11.4 Å². The molecule has 2 aromatic carbocycles. The van der Waals surface area contributed by atoms with Crippen LogP contribution in [-0.4, -0.2) is 54.4 Å². The van der Waals surface area contributed by atoms with Gasteiger partial charge in [-0.1, -0.05) is 41.9 Å². The van der Waals surface area contributed by atoms with Gasteiger partial charge in [0.15, 0.2) is 6.23 Å². The molecule has 0 aromatic heterocycles. The maximum absolute atomic E-state index is 13.7. The number of aliphatic hydroxyl groups excluding tert-OH is 1. The van der Waals surface area contributed by atoms with Crippen LogP contribution in [0.4, 0.5) is 14.9 Å². The van der Waals surface area contributed by atoms with Crippen LogP contribution in [0.2, 0.25) is 5.02 Å². The molecule has 2 aliphatic heterocycles. The van der Waals surface area contributed by atoms with Crippen molar-refractivity contribution in [2.75, 3.05) is 31.1 Å². The lowest BCUT2D eigenvalue weighted by Gasteiger charge is -2.37. The highest BCUT2D eigenvalue weighted by molar-refractivity contribution is 6.30. The summed E-state index contributed by atoms with van der Waals surface area (Å²) in [5.41, 5.74) is 0.416. The number of anilines is 1. The Morgan fingerprint density at radius 2 is 1.87 bits per heavy atom. The van der Waals surface area contributed by atoms with Crippen molar-refractivity contribution in [3.8, 4) is 0 Å². The third kappa shape index (κ3) is 4.31. The Morgan fingerprint density at radius 3 is 2.48 bits per heavy atom. The number of nitrogens with one attached hydrogen (secondary N) is 2. The number of nitrogens with zero attached hydrogens (tertiary/aromatic N) is 2. The van der Waals surface area contributed by atoms with Crippen LogP contribution in [0.5, 0.6) is 0 Å². The van der Waals surface area contributed by atoms with Crippen LogP contribution in [0.1, 0.15) is 18.4 Å². The molecule has 164 valence electrons. The number of benzene rings is 2. The van der Waals surface area contributed by atoms with Gasteiger partial charge >= 0.3 is 6.03 Å². The zero-order valence-corrected chi connectivity index (χ0v) is 17.6. The maximum atomic E-state index is 13.7. The number of rotatable bonds is 5. The summed E-state index contributed by atoms with van der Waals surface area (Å²) in [7, 11) is 0. The molecule has 2 atom stereocenters. The molecular formula is C22H24ClFN4O3. The molecule has 2 unspecified atom stereocenters. The molecule has 3 N–H and O–H groups in total. The van der Waals surface area contributed by atoms with Gasteiger partial charge in [-0.05, 0) is 30.2 Å². The minimum absolute atomic E-state index is 0.0504. The minimum atomic E-state index is -1.13. The summed E-state index contributed by atoms with van der Waals surface area (Å²) in [5.74, 6) is -0.514. The lowest BCUT2D eigenvalue weighted by molar-refractivity contribution is -0.132. The first kappa shape index (κ1) is 21.4. The van der Waals surface area contributed by atoms with Gasteiger partial charge in [0.05, 0.1) is 5.02 Å². The van der Waals surface area contributed by atoms with Gasteiger partial charge in [-0.15, -0.1) is 0 Å². The van der Waals surface area contributed by atoms with Crippen molar-refractivity contribution in [3.63, 3.8) is 0 Å². The van der Waals surface area contributed by atoms with Crippen molar-refractivity contribution in [1.29, 1.82) is 0 Å². The fourth-order valence-corrected chi connectivity index (χ4v) is 4.34. The van der Waals surface area contributed by atoms with Crippen LogP contribution in [0.25, 0.3) is 0 Å². The van der Waals surface area contributed by atoms with E-state index in [1.807, 2.05) is 35.2 Å². The SMILES string of the molecule is O=C1NC(O)C(CCC(=O)N2CCN(c3ccc(Cl)c(F)c3)CC2)(c2ccccc2)N1. The number of aliphatic hydroxyl groups is 1. The molecule has 2 fully saturated rings. The fourth-order valence-electron chi connectivity index (χ4n) is 4.22. The van der Waals surface area contributed by atoms with E-state index in [1.54, 1.807) is 11.0 Å². The average molecular weight is 447 g/mol. The van der Waals surface area contributed by atoms with E-state index in [9.17, 15) is 19.1 Å². The van der Waals surface area contributed by atoms with E-state index in [-0.39, 0.29) is 23.8 Å². The zero-order valence-electron chi connectivity index (χ0n) is 16.9. The molecule has 0 bridgehead atoms. The van der Waals surface area contributed by atoms with E-state index >= 15 is 0 Å². The van der Waals surface area contributed by atoms with Crippen molar-refractivity contribution in [3.05, 3.63) is 64.9 Å². The van der Waals surface area contributed by atoms with E-state index in [4.69, 9.17) is 11.6 Å². The molecule has 2 aliphatic rings. The molecule has 0 saturated carbocycles. The Kier molecular flexibility index (Phi) is 6.02. The second-order valence-corrected chi connectivity index (χ2v) is 8.21. The van der Waals surface area contributed by atoms with Gasteiger partial charge in [0.2, 0.25) is 5.91 Å². The van der Waals surface area contributed by atoms with Crippen LogP contribution < -0.4 is 15.5 Å². The molecule has 2 aromatic rings. The Morgan fingerprint density at radius 1 is 1.16 bits per heavy atom. The number of halogens is 2. The van der Waals surface area contributed by atoms with Crippen LogP contribution in [0.3, 0.4) is 0 Å². The first-order valence-corrected chi connectivity index (χ1v) is 10.6. The highest BCUT2D eigenvalue weighted by atomic mass is 35.5. The minimum Gasteiger partial charge on any atom is -0.371 e. The van der Waals surface area contributed by atoms with Crippen molar-refractivity contribution in [1.82, 2.24) is 15.5 Å². The maximum Gasteiger partial charge on any atom is 0.317 e. The molecule has 31 heavy (non-hydrogen) atoms. The highest BCUT2D eigenvalue weighted by Crippen LogP contribution is 2.33. The number of carbonyl (C=O) groups excluding carboxylic acids is 2. The molecule has 3 amide bonds. The third-order valence-corrected chi connectivity index (χ3v) is 6.30. The molecular weight excluding hydrogens is 423 g/mol.